The average molecular weight is 603 g/mol. The molecule has 196 valence electrons. The SMILES string of the molecule is CCOc1cc(/C=C2\SC(=Nc3ccc(OC)cc3)NC2=O)cc(Br)c1OC(=O)c1cccc2ccccc12. The van der Waals surface area contributed by atoms with E-state index < -0.39 is 5.97 Å². The molecule has 1 fully saturated rings. The lowest BCUT2D eigenvalue weighted by Crippen LogP contribution is -2.19. The fourth-order valence-corrected chi connectivity index (χ4v) is 5.37. The maximum Gasteiger partial charge on any atom is 0.344 e. The van der Waals surface area contributed by atoms with Crippen LogP contribution in [0.25, 0.3) is 16.8 Å². The fraction of sp³-hybridized carbons (Fsp3) is 0.100. The summed E-state index contributed by atoms with van der Waals surface area (Å²) in [5.74, 6) is 0.618. The molecule has 5 rings (SSSR count). The molecule has 1 saturated heterocycles. The van der Waals surface area contributed by atoms with Gasteiger partial charge in [0, 0.05) is 0 Å². The minimum absolute atomic E-state index is 0.257. The Hall–Kier alpha value is -4.08. The van der Waals surface area contributed by atoms with Crippen LogP contribution in [-0.2, 0) is 4.79 Å². The molecule has 4 aromatic carbocycles. The maximum absolute atomic E-state index is 13.2. The summed E-state index contributed by atoms with van der Waals surface area (Å²) in [6.07, 6.45) is 1.74. The normalized spacial score (nSPS) is 15.0. The number of hydrogen-bond donors (Lipinski definition) is 1. The van der Waals surface area contributed by atoms with Crippen molar-refractivity contribution in [2.24, 2.45) is 4.99 Å². The number of methoxy groups -OCH3 is 1. The lowest BCUT2D eigenvalue weighted by molar-refractivity contribution is -0.115. The Morgan fingerprint density at radius 3 is 2.59 bits per heavy atom. The summed E-state index contributed by atoms with van der Waals surface area (Å²) in [5.41, 5.74) is 1.84. The molecular weight excluding hydrogens is 580 g/mol. The van der Waals surface area contributed by atoms with Crippen molar-refractivity contribution in [3.05, 3.63) is 99.4 Å². The highest BCUT2D eigenvalue weighted by atomic mass is 79.9. The van der Waals surface area contributed by atoms with Gasteiger partial charge in [-0.2, -0.15) is 0 Å². The summed E-state index contributed by atoms with van der Waals surface area (Å²) in [6.45, 7) is 2.21. The van der Waals surface area contributed by atoms with Gasteiger partial charge in [-0.1, -0.05) is 36.4 Å². The van der Waals surface area contributed by atoms with Gasteiger partial charge in [-0.3, -0.25) is 4.79 Å². The quantitative estimate of drug-likeness (QED) is 0.138. The van der Waals surface area contributed by atoms with Gasteiger partial charge >= 0.3 is 5.97 Å². The highest BCUT2D eigenvalue weighted by molar-refractivity contribution is 9.10. The van der Waals surface area contributed by atoms with Gasteiger partial charge in [-0.05, 0) is 99.5 Å². The number of nitrogens with zero attached hydrogens (tertiary/aromatic N) is 1. The van der Waals surface area contributed by atoms with E-state index in [1.165, 1.54) is 11.8 Å². The summed E-state index contributed by atoms with van der Waals surface area (Å²) < 4.78 is 17.3. The molecule has 0 saturated carbocycles. The van der Waals surface area contributed by atoms with E-state index in [2.05, 4.69) is 26.2 Å². The predicted octanol–water partition coefficient (Wildman–Crippen LogP) is 7.12. The number of amides is 1. The van der Waals surface area contributed by atoms with Crippen LogP contribution in [0.2, 0.25) is 0 Å². The number of hydrogen-bond acceptors (Lipinski definition) is 7. The number of rotatable bonds is 7. The van der Waals surface area contributed by atoms with E-state index >= 15 is 0 Å². The van der Waals surface area contributed by atoms with E-state index in [4.69, 9.17) is 14.2 Å². The topological polar surface area (TPSA) is 86.2 Å². The molecule has 4 aromatic rings. The molecule has 9 heteroatoms. The van der Waals surface area contributed by atoms with Gasteiger partial charge in [0.15, 0.2) is 16.7 Å². The van der Waals surface area contributed by atoms with Crippen LogP contribution in [0.15, 0.2) is 93.2 Å². The standard InChI is InChI=1S/C30H23BrN2O5S/c1-3-37-25-16-18(17-26-28(34)33-30(39-26)32-20-11-13-21(36-2)14-12-20)15-24(31)27(25)38-29(35)23-10-6-8-19-7-4-5-9-22(19)23/h4-17H,3H2,1-2H3,(H,32,33,34)/b26-17-. The molecule has 0 unspecified atom stereocenters. The minimum atomic E-state index is -0.496. The minimum Gasteiger partial charge on any atom is -0.497 e. The van der Waals surface area contributed by atoms with Gasteiger partial charge in [0.2, 0.25) is 0 Å². The maximum atomic E-state index is 13.2. The Morgan fingerprint density at radius 2 is 1.82 bits per heavy atom. The van der Waals surface area contributed by atoms with Crippen molar-refractivity contribution >= 4 is 67.3 Å². The number of ether oxygens (including phenoxy) is 3. The van der Waals surface area contributed by atoms with Gasteiger partial charge in [0.1, 0.15) is 5.75 Å². The Morgan fingerprint density at radius 1 is 1.05 bits per heavy atom. The van der Waals surface area contributed by atoms with E-state index in [1.807, 2.05) is 55.5 Å². The van der Waals surface area contributed by atoms with Crippen molar-refractivity contribution in [3.8, 4) is 17.2 Å². The first-order chi connectivity index (χ1) is 18.9. The van der Waals surface area contributed by atoms with Gasteiger partial charge in [0.05, 0.1) is 34.3 Å². The Balaban J connectivity index is 1.40. The predicted molar refractivity (Wildman–Crippen MR) is 158 cm³/mol. The van der Waals surface area contributed by atoms with Gasteiger partial charge in [-0.25, -0.2) is 9.79 Å². The molecule has 1 amide bonds. The Kier molecular flexibility index (Phi) is 7.99. The van der Waals surface area contributed by atoms with Crippen molar-refractivity contribution in [2.75, 3.05) is 13.7 Å². The van der Waals surface area contributed by atoms with E-state index in [9.17, 15) is 9.59 Å². The molecule has 1 heterocycles. The van der Waals surface area contributed by atoms with Crippen LogP contribution < -0.4 is 19.5 Å². The van der Waals surface area contributed by atoms with Crippen molar-refractivity contribution in [1.29, 1.82) is 0 Å². The summed E-state index contributed by atoms with van der Waals surface area (Å²) in [4.78, 5) is 30.8. The van der Waals surface area contributed by atoms with E-state index in [0.717, 1.165) is 16.5 Å². The van der Waals surface area contributed by atoms with Gasteiger partial charge in [-0.15, -0.1) is 0 Å². The highest BCUT2D eigenvalue weighted by Gasteiger charge is 2.25. The number of halogens is 1. The molecule has 0 spiro atoms. The number of aliphatic imine (C=N–C) groups is 1. The first kappa shape index (κ1) is 26.5. The Bertz CT molecular complexity index is 1630. The molecule has 7 nitrogen and oxygen atoms in total. The zero-order valence-corrected chi connectivity index (χ0v) is 23.5. The third kappa shape index (κ3) is 6.00. The zero-order chi connectivity index (χ0) is 27.4. The number of thioether (sulfide) groups is 1. The second-order valence-electron chi connectivity index (χ2n) is 8.36. The number of esters is 1. The van der Waals surface area contributed by atoms with Crippen LogP contribution in [0.3, 0.4) is 0 Å². The molecular formula is C30H23BrN2O5S. The van der Waals surface area contributed by atoms with Crippen LogP contribution in [0, 0.1) is 0 Å². The van der Waals surface area contributed by atoms with Gasteiger partial charge < -0.3 is 19.5 Å². The molecule has 1 N–H and O–H groups in total. The van der Waals surface area contributed by atoms with Gasteiger partial charge in [0.25, 0.3) is 5.91 Å². The van der Waals surface area contributed by atoms with Crippen LogP contribution in [0.5, 0.6) is 17.2 Å². The first-order valence-electron chi connectivity index (χ1n) is 12.0. The zero-order valence-electron chi connectivity index (χ0n) is 21.1. The summed E-state index contributed by atoms with van der Waals surface area (Å²) in [6, 6.07) is 23.9. The number of nitrogens with one attached hydrogen (secondary N) is 1. The second kappa shape index (κ2) is 11.8. The third-order valence-electron chi connectivity index (χ3n) is 5.79. The summed E-state index contributed by atoms with van der Waals surface area (Å²) >= 11 is 4.76. The van der Waals surface area contributed by atoms with Crippen LogP contribution >= 0.6 is 27.7 Å². The smallest absolute Gasteiger partial charge is 0.344 e. The monoisotopic (exact) mass is 602 g/mol. The highest BCUT2D eigenvalue weighted by Crippen LogP contribution is 2.39. The van der Waals surface area contributed by atoms with Crippen molar-refractivity contribution in [2.45, 2.75) is 6.92 Å². The van der Waals surface area contributed by atoms with E-state index in [1.54, 1.807) is 43.5 Å². The average Bonchev–Trinajstić information content (AvgIpc) is 3.28. The van der Waals surface area contributed by atoms with Crippen LogP contribution in [-0.4, -0.2) is 30.8 Å². The Labute approximate surface area is 238 Å². The van der Waals surface area contributed by atoms with E-state index in [0.29, 0.717) is 43.7 Å². The number of benzene rings is 4. The molecule has 0 radical (unpaired) electrons. The summed E-state index contributed by atoms with van der Waals surface area (Å²) in [7, 11) is 1.60. The van der Waals surface area contributed by atoms with Crippen LogP contribution in [0.1, 0.15) is 22.8 Å². The number of fused-ring (bicyclic) bond motifs is 1. The van der Waals surface area contributed by atoms with Crippen LogP contribution in [0.4, 0.5) is 5.69 Å². The fourth-order valence-electron chi connectivity index (χ4n) is 3.99. The molecule has 1 aliphatic rings. The second-order valence-corrected chi connectivity index (χ2v) is 10.2. The lowest BCUT2D eigenvalue weighted by Gasteiger charge is -2.14. The van der Waals surface area contributed by atoms with Crippen molar-refractivity contribution in [1.82, 2.24) is 5.32 Å². The first-order valence-corrected chi connectivity index (χ1v) is 13.7. The molecule has 0 atom stereocenters. The molecule has 0 aliphatic carbocycles. The molecule has 39 heavy (non-hydrogen) atoms. The summed E-state index contributed by atoms with van der Waals surface area (Å²) in [5, 5.41) is 5.01. The van der Waals surface area contributed by atoms with Crippen molar-refractivity contribution < 1.29 is 23.8 Å². The number of amidine groups is 1. The molecule has 0 bridgehead atoms. The molecule has 0 aromatic heterocycles. The lowest BCUT2D eigenvalue weighted by atomic mass is 10.0. The van der Waals surface area contributed by atoms with E-state index in [-0.39, 0.29) is 11.7 Å². The number of carbonyl (C=O) groups is 2. The third-order valence-corrected chi connectivity index (χ3v) is 7.29. The largest absolute Gasteiger partial charge is 0.497 e. The number of carbonyl (C=O) groups excluding carboxylic acids is 2. The van der Waals surface area contributed by atoms with Crippen molar-refractivity contribution in [3.63, 3.8) is 0 Å². The molecule has 1 aliphatic heterocycles.